The van der Waals surface area contributed by atoms with Crippen molar-refractivity contribution in [2.45, 2.75) is 50.7 Å². The average molecular weight is 441 g/mol. The Bertz CT molecular complexity index is 990. The van der Waals surface area contributed by atoms with Crippen LogP contribution in [-0.4, -0.2) is 48.4 Å². The Kier molecular flexibility index (Phi) is 6.63. The number of carbonyl (C=O) groups excluding carboxylic acids is 2. The molecule has 0 bridgehead atoms. The summed E-state index contributed by atoms with van der Waals surface area (Å²) in [6, 6.07) is 11.0. The predicted octanol–water partition coefficient (Wildman–Crippen LogP) is 4.09. The molecule has 7 heteroatoms. The van der Waals surface area contributed by atoms with Gasteiger partial charge in [-0.3, -0.25) is 9.59 Å². The lowest BCUT2D eigenvalue weighted by atomic mass is 9.91. The zero-order valence-corrected chi connectivity index (χ0v) is 18.6. The van der Waals surface area contributed by atoms with Crippen LogP contribution >= 0.6 is 0 Å². The van der Waals surface area contributed by atoms with Gasteiger partial charge < -0.3 is 19.3 Å². The van der Waals surface area contributed by atoms with Crippen LogP contribution in [0.15, 0.2) is 42.5 Å². The van der Waals surface area contributed by atoms with Gasteiger partial charge in [-0.2, -0.15) is 0 Å². The van der Waals surface area contributed by atoms with Crippen LogP contribution in [0.3, 0.4) is 0 Å². The normalized spacial score (nSPS) is 19.9. The number of methoxy groups -OCH3 is 2. The summed E-state index contributed by atoms with van der Waals surface area (Å²) < 4.78 is 25.1. The fourth-order valence-electron chi connectivity index (χ4n) is 4.82. The van der Waals surface area contributed by atoms with Crippen LogP contribution in [0.1, 0.15) is 49.3 Å². The van der Waals surface area contributed by atoms with Gasteiger partial charge in [0, 0.05) is 11.6 Å². The van der Waals surface area contributed by atoms with E-state index in [1.807, 2.05) is 24.3 Å². The van der Waals surface area contributed by atoms with E-state index in [1.54, 1.807) is 23.0 Å². The monoisotopic (exact) mass is 440 g/mol. The summed E-state index contributed by atoms with van der Waals surface area (Å²) in [5.41, 5.74) is 1.23. The SMILES string of the molecule is COc1ccc([C@H]2C(=O)N(C3CCCCC3)CC(=O)N2Cc2ccccc2OC)cc1F. The molecule has 2 aromatic rings. The van der Waals surface area contributed by atoms with E-state index < -0.39 is 11.9 Å². The van der Waals surface area contributed by atoms with Crippen molar-refractivity contribution in [1.29, 1.82) is 0 Å². The van der Waals surface area contributed by atoms with Gasteiger partial charge in [0.25, 0.3) is 5.91 Å². The molecule has 2 aliphatic rings. The zero-order chi connectivity index (χ0) is 22.7. The molecule has 1 aliphatic heterocycles. The van der Waals surface area contributed by atoms with Gasteiger partial charge >= 0.3 is 0 Å². The molecule has 2 amide bonds. The van der Waals surface area contributed by atoms with Gasteiger partial charge in [0.15, 0.2) is 11.6 Å². The van der Waals surface area contributed by atoms with Gasteiger partial charge in [0.1, 0.15) is 18.3 Å². The number of para-hydroxylation sites is 1. The Morgan fingerprint density at radius 2 is 1.69 bits per heavy atom. The maximum Gasteiger partial charge on any atom is 0.250 e. The number of piperazine rings is 1. The van der Waals surface area contributed by atoms with Gasteiger partial charge in [-0.05, 0) is 36.6 Å². The average Bonchev–Trinajstić information content (AvgIpc) is 2.82. The molecule has 0 radical (unpaired) electrons. The van der Waals surface area contributed by atoms with Gasteiger partial charge in [0.2, 0.25) is 5.91 Å². The molecule has 170 valence electrons. The second-order valence-corrected chi connectivity index (χ2v) is 8.39. The van der Waals surface area contributed by atoms with Crippen molar-refractivity contribution in [3.63, 3.8) is 0 Å². The third kappa shape index (κ3) is 4.29. The molecule has 0 unspecified atom stereocenters. The van der Waals surface area contributed by atoms with Crippen LogP contribution in [0.5, 0.6) is 11.5 Å². The lowest BCUT2D eigenvalue weighted by molar-refractivity contribution is -0.160. The minimum Gasteiger partial charge on any atom is -0.496 e. The van der Waals surface area contributed by atoms with Crippen molar-refractivity contribution in [3.05, 3.63) is 59.4 Å². The molecule has 0 N–H and O–H groups in total. The third-order valence-corrected chi connectivity index (χ3v) is 6.49. The van der Waals surface area contributed by atoms with Crippen LogP contribution in [0, 0.1) is 5.82 Å². The van der Waals surface area contributed by atoms with Gasteiger partial charge in [0.05, 0.1) is 20.8 Å². The molecule has 4 rings (SSSR count). The summed E-state index contributed by atoms with van der Waals surface area (Å²) in [7, 11) is 2.97. The maximum absolute atomic E-state index is 14.6. The fraction of sp³-hybridized carbons (Fsp3) is 0.440. The molecule has 32 heavy (non-hydrogen) atoms. The number of rotatable bonds is 6. The van der Waals surface area contributed by atoms with Crippen molar-refractivity contribution in [3.8, 4) is 11.5 Å². The first kappa shape index (κ1) is 22.1. The van der Waals surface area contributed by atoms with E-state index >= 15 is 0 Å². The quantitative estimate of drug-likeness (QED) is 0.679. The zero-order valence-electron chi connectivity index (χ0n) is 18.6. The Balaban J connectivity index is 1.72. The van der Waals surface area contributed by atoms with Crippen LogP contribution in [-0.2, 0) is 16.1 Å². The summed E-state index contributed by atoms with van der Waals surface area (Å²) in [5.74, 6) is -0.124. The van der Waals surface area contributed by atoms with E-state index in [2.05, 4.69) is 0 Å². The Morgan fingerprint density at radius 1 is 0.969 bits per heavy atom. The molecular weight excluding hydrogens is 411 g/mol. The molecule has 1 heterocycles. The van der Waals surface area contributed by atoms with E-state index in [0.717, 1.165) is 37.7 Å². The van der Waals surface area contributed by atoms with Crippen molar-refractivity contribution in [2.24, 2.45) is 0 Å². The van der Waals surface area contributed by atoms with E-state index in [-0.39, 0.29) is 36.7 Å². The first-order valence-corrected chi connectivity index (χ1v) is 11.1. The highest BCUT2D eigenvalue weighted by Gasteiger charge is 2.43. The molecule has 1 saturated carbocycles. The molecule has 1 aliphatic carbocycles. The molecule has 1 atom stereocenters. The number of amides is 2. The number of benzene rings is 2. The van der Waals surface area contributed by atoms with Crippen LogP contribution in [0.2, 0.25) is 0 Å². The molecule has 2 aromatic carbocycles. The first-order valence-electron chi connectivity index (χ1n) is 11.1. The van der Waals surface area contributed by atoms with E-state index in [1.165, 1.54) is 19.2 Å². The largest absolute Gasteiger partial charge is 0.496 e. The predicted molar refractivity (Wildman–Crippen MR) is 118 cm³/mol. The Morgan fingerprint density at radius 3 is 2.38 bits per heavy atom. The second-order valence-electron chi connectivity index (χ2n) is 8.39. The van der Waals surface area contributed by atoms with Crippen molar-refractivity contribution >= 4 is 11.8 Å². The molecule has 1 saturated heterocycles. The van der Waals surface area contributed by atoms with Gasteiger partial charge in [-0.1, -0.05) is 43.5 Å². The highest BCUT2D eigenvalue weighted by atomic mass is 19.1. The summed E-state index contributed by atoms with van der Waals surface area (Å²) in [4.78, 5) is 30.4. The molecular formula is C25H29FN2O4. The van der Waals surface area contributed by atoms with Crippen molar-refractivity contribution in [1.82, 2.24) is 9.80 Å². The number of ether oxygens (including phenoxy) is 2. The maximum atomic E-state index is 14.6. The highest BCUT2D eigenvalue weighted by molar-refractivity contribution is 5.95. The fourth-order valence-corrected chi connectivity index (χ4v) is 4.82. The van der Waals surface area contributed by atoms with Crippen LogP contribution < -0.4 is 9.47 Å². The molecule has 0 spiro atoms. The van der Waals surface area contributed by atoms with Gasteiger partial charge in [-0.15, -0.1) is 0 Å². The van der Waals surface area contributed by atoms with E-state index in [4.69, 9.17) is 9.47 Å². The molecule has 0 aromatic heterocycles. The topological polar surface area (TPSA) is 59.1 Å². The van der Waals surface area contributed by atoms with E-state index in [0.29, 0.717) is 11.3 Å². The van der Waals surface area contributed by atoms with Crippen LogP contribution in [0.4, 0.5) is 4.39 Å². The summed E-state index contributed by atoms with van der Waals surface area (Å²) in [6.45, 7) is 0.249. The number of hydrogen-bond donors (Lipinski definition) is 0. The van der Waals surface area contributed by atoms with Crippen molar-refractivity contribution in [2.75, 3.05) is 20.8 Å². The third-order valence-electron chi connectivity index (χ3n) is 6.49. The van der Waals surface area contributed by atoms with E-state index in [9.17, 15) is 14.0 Å². The summed E-state index contributed by atoms with van der Waals surface area (Å²) >= 11 is 0. The van der Waals surface area contributed by atoms with Gasteiger partial charge in [-0.25, -0.2) is 4.39 Å². The summed E-state index contributed by atoms with van der Waals surface area (Å²) in [5, 5.41) is 0. The summed E-state index contributed by atoms with van der Waals surface area (Å²) in [6.07, 6.45) is 5.05. The molecule has 2 fully saturated rings. The standard InChI is InChI=1S/C25H29FN2O4/c1-31-21-11-7-6-8-18(21)15-28-23(29)16-27(19-9-4-3-5-10-19)25(30)24(28)17-12-13-22(32-2)20(26)14-17/h6-8,11-14,19,24H,3-5,9-10,15-16H2,1-2H3/t24-/m0/s1. The van der Waals surface area contributed by atoms with Crippen LogP contribution in [0.25, 0.3) is 0 Å². The Labute approximate surface area is 187 Å². The molecule has 6 nitrogen and oxygen atoms in total. The minimum atomic E-state index is -0.900. The second kappa shape index (κ2) is 9.59. The minimum absolute atomic E-state index is 0.0494. The number of hydrogen-bond acceptors (Lipinski definition) is 4. The number of halogens is 1. The lowest BCUT2D eigenvalue weighted by Gasteiger charge is -2.44. The van der Waals surface area contributed by atoms with Crippen molar-refractivity contribution < 1.29 is 23.5 Å². The highest BCUT2D eigenvalue weighted by Crippen LogP contribution is 2.35. The Hall–Kier alpha value is -3.09. The lowest BCUT2D eigenvalue weighted by Crippen LogP contribution is -2.58. The number of carbonyl (C=O) groups is 2. The first-order chi connectivity index (χ1) is 15.5. The smallest absolute Gasteiger partial charge is 0.250 e. The number of nitrogens with zero attached hydrogens (tertiary/aromatic N) is 2.